The van der Waals surface area contributed by atoms with Crippen LogP contribution in [0.15, 0.2) is 47.3 Å². The number of aromatic amines is 1. The van der Waals surface area contributed by atoms with Gasteiger partial charge in [-0.1, -0.05) is 30.3 Å². The van der Waals surface area contributed by atoms with Crippen LogP contribution in [0.3, 0.4) is 0 Å². The third-order valence-electron chi connectivity index (χ3n) is 5.93. The van der Waals surface area contributed by atoms with Crippen molar-refractivity contribution < 1.29 is 9.47 Å². The predicted octanol–water partition coefficient (Wildman–Crippen LogP) is 3.17. The van der Waals surface area contributed by atoms with Gasteiger partial charge in [0.25, 0.3) is 0 Å². The standard InChI is InChI=1S/C24H29N3O3/c1-17-19(24(28)22-20(29-2)9-10-21(30-3)23(22)25-17)16-27-13-11-26(12-14-27)15-18-7-5-4-6-8-18/h4-10H,11-16H2,1-3H3,(H,25,28). The average Bonchev–Trinajstić information content (AvgIpc) is 2.77. The zero-order valence-electron chi connectivity index (χ0n) is 17.9. The number of ether oxygens (including phenoxy) is 2. The molecule has 2 heterocycles. The van der Waals surface area contributed by atoms with E-state index >= 15 is 0 Å². The van der Waals surface area contributed by atoms with E-state index in [1.807, 2.05) is 13.0 Å². The van der Waals surface area contributed by atoms with Gasteiger partial charge >= 0.3 is 0 Å². The molecule has 0 spiro atoms. The lowest BCUT2D eigenvalue weighted by Gasteiger charge is -2.34. The SMILES string of the molecule is COc1ccc(OC)c2c(=O)c(CN3CCN(Cc4ccccc4)CC3)c(C)[nH]c12. The molecule has 0 bridgehead atoms. The Labute approximate surface area is 177 Å². The van der Waals surface area contributed by atoms with Crippen LogP contribution in [-0.4, -0.2) is 55.2 Å². The van der Waals surface area contributed by atoms with Gasteiger partial charge in [-0.15, -0.1) is 0 Å². The Morgan fingerprint density at radius 3 is 2.10 bits per heavy atom. The number of aromatic nitrogens is 1. The molecule has 0 saturated carbocycles. The number of rotatable bonds is 6. The van der Waals surface area contributed by atoms with Crippen molar-refractivity contribution in [3.05, 3.63) is 69.5 Å². The summed E-state index contributed by atoms with van der Waals surface area (Å²) in [7, 11) is 3.20. The molecule has 1 aromatic heterocycles. The molecule has 1 N–H and O–H groups in total. The van der Waals surface area contributed by atoms with Crippen LogP contribution in [-0.2, 0) is 13.1 Å². The van der Waals surface area contributed by atoms with Gasteiger partial charge in [0.15, 0.2) is 5.43 Å². The number of H-pyrrole nitrogens is 1. The number of nitrogens with one attached hydrogen (secondary N) is 1. The number of methoxy groups -OCH3 is 2. The quantitative estimate of drug-likeness (QED) is 0.680. The molecule has 4 rings (SSSR count). The highest BCUT2D eigenvalue weighted by Crippen LogP contribution is 2.30. The first-order valence-corrected chi connectivity index (χ1v) is 10.4. The van der Waals surface area contributed by atoms with Crippen LogP contribution in [0, 0.1) is 6.92 Å². The Morgan fingerprint density at radius 2 is 1.47 bits per heavy atom. The average molecular weight is 408 g/mol. The fourth-order valence-corrected chi connectivity index (χ4v) is 4.20. The molecule has 2 aromatic carbocycles. The minimum absolute atomic E-state index is 0.0173. The second-order valence-electron chi connectivity index (χ2n) is 7.82. The molecule has 0 radical (unpaired) electrons. The van der Waals surface area contributed by atoms with Crippen LogP contribution in [0.4, 0.5) is 0 Å². The van der Waals surface area contributed by atoms with E-state index in [4.69, 9.17) is 9.47 Å². The molecule has 3 aromatic rings. The lowest BCUT2D eigenvalue weighted by Crippen LogP contribution is -2.46. The number of hydrogen-bond donors (Lipinski definition) is 1. The summed E-state index contributed by atoms with van der Waals surface area (Å²) >= 11 is 0. The van der Waals surface area contributed by atoms with E-state index in [2.05, 4.69) is 45.1 Å². The van der Waals surface area contributed by atoms with Gasteiger partial charge in [0.2, 0.25) is 0 Å². The summed E-state index contributed by atoms with van der Waals surface area (Å²) in [6.07, 6.45) is 0. The minimum Gasteiger partial charge on any atom is -0.496 e. The zero-order chi connectivity index (χ0) is 21.1. The monoisotopic (exact) mass is 407 g/mol. The van der Waals surface area contributed by atoms with E-state index < -0.39 is 0 Å². The van der Waals surface area contributed by atoms with Crippen LogP contribution in [0.1, 0.15) is 16.8 Å². The number of pyridine rings is 1. The largest absolute Gasteiger partial charge is 0.496 e. The van der Waals surface area contributed by atoms with Gasteiger partial charge in [0.1, 0.15) is 11.5 Å². The Morgan fingerprint density at radius 1 is 0.867 bits per heavy atom. The maximum Gasteiger partial charge on any atom is 0.198 e. The van der Waals surface area contributed by atoms with Crippen LogP contribution in [0.5, 0.6) is 11.5 Å². The second-order valence-corrected chi connectivity index (χ2v) is 7.82. The first-order valence-electron chi connectivity index (χ1n) is 10.4. The van der Waals surface area contributed by atoms with Crippen molar-refractivity contribution in [2.24, 2.45) is 0 Å². The molecular weight excluding hydrogens is 378 g/mol. The number of benzene rings is 2. The van der Waals surface area contributed by atoms with Gasteiger partial charge in [-0.25, -0.2) is 0 Å². The van der Waals surface area contributed by atoms with E-state index in [0.717, 1.165) is 44.0 Å². The molecule has 0 amide bonds. The number of piperazine rings is 1. The van der Waals surface area contributed by atoms with Crippen LogP contribution in [0.25, 0.3) is 10.9 Å². The molecule has 1 fully saturated rings. The van der Waals surface area contributed by atoms with E-state index in [0.29, 0.717) is 28.9 Å². The van der Waals surface area contributed by atoms with Gasteiger partial charge in [0.05, 0.1) is 25.1 Å². The molecule has 1 aliphatic heterocycles. The van der Waals surface area contributed by atoms with Gasteiger partial charge in [-0.2, -0.15) is 0 Å². The molecule has 0 atom stereocenters. The summed E-state index contributed by atoms with van der Waals surface area (Å²) in [5.74, 6) is 1.22. The molecule has 1 aliphatic rings. The summed E-state index contributed by atoms with van der Waals surface area (Å²) in [6, 6.07) is 14.2. The summed E-state index contributed by atoms with van der Waals surface area (Å²) in [5.41, 5.74) is 3.73. The molecule has 1 saturated heterocycles. The molecular formula is C24H29N3O3. The summed E-state index contributed by atoms with van der Waals surface area (Å²) in [6.45, 7) is 7.45. The first-order chi connectivity index (χ1) is 14.6. The van der Waals surface area contributed by atoms with Crippen molar-refractivity contribution in [3.63, 3.8) is 0 Å². The number of aryl methyl sites for hydroxylation is 1. The van der Waals surface area contributed by atoms with Gasteiger partial charge in [-0.3, -0.25) is 14.6 Å². The summed E-state index contributed by atoms with van der Waals surface area (Å²) in [5, 5.41) is 0.556. The van der Waals surface area contributed by atoms with E-state index in [-0.39, 0.29) is 5.43 Å². The number of nitrogens with zero attached hydrogens (tertiary/aromatic N) is 2. The number of hydrogen-bond acceptors (Lipinski definition) is 5. The molecule has 6 heteroatoms. The van der Waals surface area contributed by atoms with Crippen molar-refractivity contribution in [1.29, 1.82) is 0 Å². The maximum atomic E-state index is 13.4. The normalized spacial score (nSPS) is 15.4. The minimum atomic E-state index is 0.0173. The van der Waals surface area contributed by atoms with Crippen molar-refractivity contribution in [3.8, 4) is 11.5 Å². The maximum absolute atomic E-state index is 13.4. The lowest BCUT2D eigenvalue weighted by atomic mass is 10.1. The van der Waals surface area contributed by atoms with Crippen molar-refractivity contribution in [2.45, 2.75) is 20.0 Å². The fourth-order valence-electron chi connectivity index (χ4n) is 4.20. The third kappa shape index (κ3) is 4.06. The summed E-state index contributed by atoms with van der Waals surface area (Å²) in [4.78, 5) is 21.6. The molecule has 0 unspecified atom stereocenters. The van der Waals surface area contributed by atoms with Crippen LogP contribution < -0.4 is 14.9 Å². The van der Waals surface area contributed by atoms with Crippen molar-refractivity contribution in [2.75, 3.05) is 40.4 Å². The smallest absolute Gasteiger partial charge is 0.198 e. The van der Waals surface area contributed by atoms with E-state index in [1.54, 1.807) is 20.3 Å². The highest BCUT2D eigenvalue weighted by atomic mass is 16.5. The molecule has 0 aliphatic carbocycles. The van der Waals surface area contributed by atoms with Gasteiger partial charge in [0, 0.05) is 50.5 Å². The lowest BCUT2D eigenvalue weighted by molar-refractivity contribution is 0.121. The first kappa shape index (κ1) is 20.4. The van der Waals surface area contributed by atoms with Crippen LogP contribution >= 0.6 is 0 Å². The predicted molar refractivity (Wildman–Crippen MR) is 119 cm³/mol. The Bertz CT molecular complexity index is 1070. The zero-order valence-corrected chi connectivity index (χ0v) is 17.9. The Balaban J connectivity index is 1.53. The molecule has 158 valence electrons. The molecule has 30 heavy (non-hydrogen) atoms. The van der Waals surface area contributed by atoms with Crippen LogP contribution in [0.2, 0.25) is 0 Å². The number of fused-ring (bicyclic) bond motifs is 1. The summed E-state index contributed by atoms with van der Waals surface area (Å²) < 4.78 is 10.9. The van der Waals surface area contributed by atoms with Gasteiger partial charge < -0.3 is 14.5 Å². The van der Waals surface area contributed by atoms with E-state index in [9.17, 15) is 4.79 Å². The fraction of sp³-hybridized carbons (Fsp3) is 0.375. The van der Waals surface area contributed by atoms with E-state index in [1.165, 1.54) is 5.56 Å². The Hall–Kier alpha value is -2.83. The highest BCUT2D eigenvalue weighted by molar-refractivity contribution is 5.90. The Kier molecular flexibility index (Phi) is 6.06. The van der Waals surface area contributed by atoms with Gasteiger partial charge in [-0.05, 0) is 24.6 Å². The second kappa shape index (κ2) is 8.90. The van der Waals surface area contributed by atoms with Crippen molar-refractivity contribution in [1.82, 2.24) is 14.8 Å². The third-order valence-corrected chi connectivity index (χ3v) is 5.93. The molecule has 6 nitrogen and oxygen atoms in total. The topological polar surface area (TPSA) is 57.8 Å². The highest BCUT2D eigenvalue weighted by Gasteiger charge is 2.21. The van der Waals surface area contributed by atoms with Crippen molar-refractivity contribution >= 4 is 10.9 Å².